The third-order valence-electron chi connectivity index (χ3n) is 5.09. The van der Waals surface area contributed by atoms with Crippen molar-refractivity contribution in [2.45, 2.75) is 44.9 Å². The van der Waals surface area contributed by atoms with E-state index in [0.717, 1.165) is 11.0 Å². The number of hydrogen-bond acceptors (Lipinski definition) is 7. The number of nitrogens with zero attached hydrogens (tertiary/aromatic N) is 4. The number of hydrogen-bond donors (Lipinski definition) is 1. The highest BCUT2D eigenvalue weighted by atomic mass is 19.1. The van der Waals surface area contributed by atoms with E-state index >= 15 is 4.39 Å². The van der Waals surface area contributed by atoms with Crippen molar-refractivity contribution in [3.05, 3.63) is 52.1 Å². The zero-order chi connectivity index (χ0) is 25.1. The van der Waals surface area contributed by atoms with Gasteiger partial charge in [0.25, 0.3) is 5.91 Å². The number of anilines is 1. The number of benzene rings is 1. The number of halogens is 1. The second kappa shape index (κ2) is 9.43. The van der Waals surface area contributed by atoms with Gasteiger partial charge in [-0.1, -0.05) is 12.1 Å². The number of carbonyl (C=O) groups is 2. The minimum absolute atomic E-state index is 0.171. The molecule has 3 rings (SSSR count). The molecule has 1 aromatic heterocycles. The van der Waals surface area contributed by atoms with Gasteiger partial charge < -0.3 is 15.0 Å². The number of pyridine rings is 1. The van der Waals surface area contributed by atoms with Crippen molar-refractivity contribution in [1.82, 2.24) is 9.88 Å². The van der Waals surface area contributed by atoms with E-state index < -0.39 is 46.2 Å². The van der Waals surface area contributed by atoms with E-state index in [1.807, 2.05) is 6.07 Å². The van der Waals surface area contributed by atoms with Crippen LogP contribution >= 0.6 is 0 Å². The number of carbonyl (C=O) groups excluding carboxylic acids is 2. The monoisotopic (exact) mass is 469 g/mol. The van der Waals surface area contributed by atoms with Crippen LogP contribution in [-0.2, 0) is 9.53 Å². The molecule has 2 heterocycles. The molecule has 2 aromatic rings. The van der Waals surface area contributed by atoms with Crippen LogP contribution in [0.2, 0.25) is 0 Å². The predicted molar refractivity (Wildman–Crippen MR) is 121 cm³/mol. The van der Waals surface area contributed by atoms with Crippen molar-refractivity contribution >= 4 is 23.5 Å². The molecular weight excluding hydrogens is 445 g/mol. The van der Waals surface area contributed by atoms with E-state index in [-0.39, 0.29) is 25.1 Å². The number of aromatic nitrogens is 1. The third kappa shape index (κ3) is 5.64. The lowest BCUT2D eigenvalue weighted by Gasteiger charge is -2.36. The molecule has 2 amide bonds. The van der Waals surface area contributed by atoms with Gasteiger partial charge >= 0.3 is 11.8 Å². The molecule has 11 heteroatoms. The average Bonchev–Trinajstić information content (AvgIpc) is 2.77. The van der Waals surface area contributed by atoms with E-state index in [1.54, 1.807) is 39.0 Å². The highest BCUT2D eigenvalue weighted by Gasteiger charge is 2.45. The fourth-order valence-electron chi connectivity index (χ4n) is 3.50. The van der Waals surface area contributed by atoms with Crippen molar-refractivity contribution in [1.29, 1.82) is 5.26 Å². The number of rotatable bonds is 4. The van der Waals surface area contributed by atoms with Gasteiger partial charge in [0, 0.05) is 18.2 Å². The molecule has 1 atom stereocenters. The summed E-state index contributed by atoms with van der Waals surface area (Å²) in [6.45, 7) is 4.69. The van der Waals surface area contributed by atoms with Crippen LogP contribution in [0.1, 0.15) is 39.2 Å². The maximum Gasteiger partial charge on any atom is 0.410 e. The van der Waals surface area contributed by atoms with Crippen LogP contribution in [0.25, 0.3) is 11.3 Å². The molecule has 0 radical (unpaired) electrons. The van der Waals surface area contributed by atoms with E-state index in [1.165, 1.54) is 12.1 Å². The topological polar surface area (TPSA) is 138 Å². The largest absolute Gasteiger partial charge is 0.444 e. The second-order valence-corrected chi connectivity index (χ2v) is 8.94. The molecule has 10 nitrogen and oxygen atoms in total. The Morgan fingerprint density at radius 2 is 2.06 bits per heavy atom. The van der Waals surface area contributed by atoms with Gasteiger partial charge in [-0.3, -0.25) is 14.9 Å². The lowest BCUT2D eigenvalue weighted by molar-refractivity contribution is -0.384. The SMILES string of the molecule is CC(C)(C)OC(=O)N1CCCC(F)(C(=O)Nc2nc(-c3cccc(C#N)c3)ccc2[N+](=O)[O-])C1. The van der Waals surface area contributed by atoms with E-state index in [4.69, 9.17) is 10.00 Å². The van der Waals surface area contributed by atoms with Crippen LogP contribution < -0.4 is 5.32 Å². The first kappa shape index (κ1) is 24.6. The smallest absolute Gasteiger partial charge is 0.410 e. The zero-order valence-corrected chi connectivity index (χ0v) is 19.0. The minimum atomic E-state index is -2.48. The molecule has 1 unspecified atom stereocenters. The van der Waals surface area contributed by atoms with Gasteiger partial charge in [-0.2, -0.15) is 5.26 Å². The van der Waals surface area contributed by atoms with Crippen molar-refractivity contribution < 1.29 is 23.6 Å². The molecule has 34 heavy (non-hydrogen) atoms. The Balaban J connectivity index is 1.87. The normalized spacial score (nSPS) is 18.0. The number of ether oxygens (including phenoxy) is 1. The summed E-state index contributed by atoms with van der Waals surface area (Å²) in [5.41, 5.74) is -2.68. The van der Waals surface area contributed by atoms with Crippen LogP contribution in [0.4, 0.5) is 20.7 Å². The standard InChI is InChI=1S/C23H24FN5O5/c1-22(2,3)34-21(31)28-11-5-10-23(24,14-28)20(30)27-19-18(29(32)33)9-8-17(26-19)16-7-4-6-15(12-16)13-25/h4,6-9,12H,5,10-11,14H2,1-3H3,(H,26,27,30). The number of piperidine rings is 1. The highest BCUT2D eigenvalue weighted by molar-refractivity contribution is 5.98. The Hall–Kier alpha value is -4.07. The molecular formula is C23H24FN5O5. The van der Waals surface area contributed by atoms with E-state index in [9.17, 15) is 19.7 Å². The Morgan fingerprint density at radius 3 is 2.71 bits per heavy atom. The summed E-state index contributed by atoms with van der Waals surface area (Å²) in [6, 6.07) is 10.9. The summed E-state index contributed by atoms with van der Waals surface area (Å²) < 4.78 is 20.9. The first-order chi connectivity index (χ1) is 15.9. The maximum atomic E-state index is 15.7. The summed E-state index contributed by atoms with van der Waals surface area (Å²) in [5.74, 6) is -1.57. The van der Waals surface area contributed by atoms with Crippen molar-refractivity contribution in [3.63, 3.8) is 0 Å². The van der Waals surface area contributed by atoms with Crippen LogP contribution in [0, 0.1) is 21.4 Å². The van der Waals surface area contributed by atoms with Crippen LogP contribution in [-0.4, -0.2) is 51.2 Å². The number of nitriles is 1. The Bertz CT molecular complexity index is 1170. The van der Waals surface area contributed by atoms with Gasteiger partial charge in [0.1, 0.15) is 5.60 Å². The summed E-state index contributed by atoms with van der Waals surface area (Å²) >= 11 is 0. The molecule has 0 aliphatic carbocycles. The van der Waals surface area contributed by atoms with Gasteiger partial charge in [-0.15, -0.1) is 0 Å². The molecule has 1 aromatic carbocycles. The first-order valence-electron chi connectivity index (χ1n) is 10.6. The van der Waals surface area contributed by atoms with E-state index in [2.05, 4.69) is 10.3 Å². The van der Waals surface area contributed by atoms with Crippen LogP contribution in [0.5, 0.6) is 0 Å². The zero-order valence-electron chi connectivity index (χ0n) is 19.0. The van der Waals surface area contributed by atoms with Gasteiger partial charge in [-0.05, 0) is 51.8 Å². The Kier molecular flexibility index (Phi) is 6.81. The molecule has 0 spiro atoms. The summed E-state index contributed by atoms with van der Waals surface area (Å²) in [5, 5.41) is 22.8. The van der Waals surface area contributed by atoms with Crippen LogP contribution in [0.3, 0.4) is 0 Å². The number of nitro groups is 1. The Morgan fingerprint density at radius 1 is 1.32 bits per heavy atom. The lowest BCUT2D eigenvalue weighted by atomic mass is 9.94. The molecule has 1 fully saturated rings. The van der Waals surface area contributed by atoms with Gasteiger partial charge in [0.2, 0.25) is 11.5 Å². The van der Waals surface area contributed by atoms with Crippen molar-refractivity contribution in [2.24, 2.45) is 0 Å². The molecule has 0 saturated carbocycles. The molecule has 1 saturated heterocycles. The average molecular weight is 469 g/mol. The summed E-state index contributed by atoms with van der Waals surface area (Å²) in [7, 11) is 0. The van der Waals surface area contributed by atoms with Crippen LogP contribution in [0.15, 0.2) is 36.4 Å². The Labute approximate surface area is 195 Å². The van der Waals surface area contributed by atoms with E-state index in [0.29, 0.717) is 11.1 Å². The number of alkyl halides is 1. The highest BCUT2D eigenvalue weighted by Crippen LogP contribution is 2.31. The fourth-order valence-corrected chi connectivity index (χ4v) is 3.50. The molecule has 0 bridgehead atoms. The first-order valence-corrected chi connectivity index (χ1v) is 10.6. The number of likely N-dealkylation sites (tertiary alicyclic amines) is 1. The van der Waals surface area contributed by atoms with Gasteiger partial charge in [0.05, 0.1) is 28.8 Å². The molecule has 178 valence electrons. The fraction of sp³-hybridized carbons (Fsp3) is 0.391. The lowest BCUT2D eigenvalue weighted by Crippen LogP contribution is -2.54. The summed E-state index contributed by atoms with van der Waals surface area (Å²) in [6.07, 6.45) is -0.708. The van der Waals surface area contributed by atoms with Crippen molar-refractivity contribution in [3.8, 4) is 17.3 Å². The second-order valence-electron chi connectivity index (χ2n) is 8.94. The number of amides is 2. The quantitative estimate of drug-likeness (QED) is 0.523. The molecule has 1 N–H and O–H groups in total. The summed E-state index contributed by atoms with van der Waals surface area (Å²) in [4.78, 5) is 41.3. The minimum Gasteiger partial charge on any atom is -0.444 e. The van der Waals surface area contributed by atoms with Crippen molar-refractivity contribution in [2.75, 3.05) is 18.4 Å². The predicted octanol–water partition coefficient (Wildman–Crippen LogP) is 4.21. The van der Waals surface area contributed by atoms with Gasteiger partial charge in [0.15, 0.2) is 0 Å². The molecule has 1 aliphatic rings. The molecule has 1 aliphatic heterocycles. The van der Waals surface area contributed by atoms with Gasteiger partial charge in [-0.25, -0.2) is 14.2 Å². The number of nitrogens with one attached hydrogen (secondary N) is 1. The maximum absolute atomic E-state index is 15.7. The third-order valence-corrected chi connectivity index (χ3v) is 5.09.